The molecule has 2 unspecified atom stereocenters. The Morgan fingerprint density at radius 3 is 2.20 bits per heavy atom. The van der Waals surface area contributed by atoms with Crippen LogP contribution in [0.2, 0.25) is 0 Å². The van der Waals surface area contributed by atoms with Gasteiger partial charge in [-0.3, -0.25) is 0 Å². The van der Waals surface area contributed by atoms with Crippen LogP contribution in [0.15, 0.2) is 0 Å². The summed E-state index contributed by atoms with van der Waals surface area (Å²) in [6.07, 6.45) is 5.04. The molecule has 2 atom stereocenters. The van der Waals surface area contributed by atoms with Gasteiger partial charge in [0.15, 0.2) is 0 Å². The summed E-state index contributed by atoms with van der Waals surface area (Å²) < 4.78 is 0. The minimum absolute atomic E-state index is 0.677. The molecule has 0 amide bonds. The quantitative estimate of drug-likeness (QED) is 0.639. The van der Waals surface area contributed by atoms with E-state index in [0.29, 0.717) is 12.0 Å². The van der Waals surface area contributed by atoms with E-state index in [1.807, 2.05) is 0 Å². The molecule has 0 aromatic rings. The highest BCUT2D eigenvalue weighted by Crippen LogP contribution is 2.11. The summed E-state index contributed by atoms with van der Waals surface area (Å²) in [4.78, 5) is 2.62. The number of nitrogens with zero attached hydrogens (tertiary/aromatic N) is 1. The molecule has 0 heterocycles. The first kappa shape index (κ1) is 14.9. The average Bonchev–Trinajstić information content (AvgIpc) is 2.28. The van der Waals surface area contributed by atoms with Crippen LogP contribution >= 0.6 is 0 Å². The molecule has 0 radical (unpaired) electrons. The van der Waals surface area contributed by atoms with E-state index in [1.54, 1.807) is 0 Å². The van der Waals surface area contributed by atoms with Crippen molar-refractivity contribution in [2.75, 3.05) is 19.6 Å². The van der Waals surface area contributed by atoms with Gasteiger partial charge in [-0.1, -0.05) is 33.6 Å². The summed E-state index contributed by atoms with van der Waals surface area (Å²) >= 11 is 0. The van der Waals surface area contributed by atoms with Gasteiger partial charge in [-0.15, -0.1) is 0 Å². The molecule has 0 aromatic heterocycles. The van der Waals surface area contributed by atoms with Crippen LogP contribution in [0.25, 0.3) is 0 Å². The number of nitrogens with two attached hydrogens (primary N) is 1. The summed E-state index contributed by atoms with van der Waals surface area (Å²) in [5, 5.41) is 0. The Morgan fingerprint density at radius 1 is 1.13 bits per heavy atom. The molecule has 0 saturated heterocycles. The molecule has 0 bridgehead atoms. The third kappa shape index (κ3) is 6.16. The second-order valence-electron chi connectivity index (χ2n) is 4.62. The Hall–Kier alpha value is -0.0800. The van der Waals surface area contributed by atoms with Crippen LogP contribution in [0.1, 0.15) is 53.4 Å². The molecule has 2 nitrogen and oxygen atoms in total. The fourth-order valence-corrected chi connectivity index (χ4v) is 1.81. The van der Waals surface area contributed by atoms with E-state index >= 15 is 0 Å². The fraction of sp³-hybridized carbons (Fsp3) is 1.00. The predicted octanol–water partition coefficient (Wildman–Crippen LogP) is 2.87. The maximum Gasteiger partial charge on any atom is 0.00644 e. The van der Waals surface area contributed by atoms with Crippen LogP contribution in [0.5, 0.6) is 0 Å². The lowest BCUT2D eigenvalue weighted by Crippen LogP contribution is -2.39. The van der Waals surface area contributed by atoms with Crippen molar-refractivity contribution in [2.24, 2.45) is 11.7 Å². The summed E-state index contributed by atoms with van der Waals surface area (Å²) in [5.74, 6) is 0.677. The van der Waals surface area contributed by atoms with Gasteiger partial charge in [-0.25, -0.2) is 0 Å². The van der Waals surface area contributed by atoms with Gasteiger partial charge in [0.05, 0.1) is 0 Å². The lowest BCUT2D eigenvalue weighted by atomic mass is 10.0. The van der Waals surface area contributed by atoms with Gasteiger partial charge in [-0.05, 0) is 38.8 Å². The first-order valence-corrected chi connectivity index (χ1v) is 6.63. The van der Waals surface area contributed by atoms with Crippen molar-refractivity contribution in [2.45, 2.75) is 59.4 Å². The van der Waals surface area contributed by atoms with E-state index in [9.17, 15) is 0 Å². The molecular weight excluding hydrogens is 184 g/mol. The van der Waals surface area contributed by atoms with Gasteiger partial charge >= 0.3 is 0 Å². The zero-order chi connectivity index (χ0) is 11.7. The third-order valence-electron chi connectivity index (χ3n) is 3.42. The summed E-state index contributed by atoms with van der Waals surface area (Å²) in [7, 11) is 0. The molecule has 15 heavy (non-hydrogen) atoms. The van der Waals surface area contributed by atoms with Crippen LogP contribution < -0.4 is 5.73 Å². The zero-order valence-corrected chi connectivity index (χ0v) is 11.1. The third-order valence-corrected chi connectivity index (χ3v) is 3.42. The molecule has 0 aliphatic heterocycles. The smallest absolute Gasteiger partial charge is 0.00644 e. The molecule has 0 saturated carbocycles. The summed E-state index contributed by atoms with van der Waals surface area (Å²) in [5.41, 5.74) is 5.78. The minimum atomic E-state index is 0.677. The van der Waals surface area contributed by atoms with E-state index < -0.39 is 0 Å². The second kappa shape index (κ2) is 9.17. The van der Waals surface area contributed by atoms with Crippen molar-refractivity contribution in [1.82, 2.24) is 4.90 Å². The van der Waals surface area contributed by atoms with Crippen molar-refractivity contribution in [1.29, 1.82) is 0 Å². The van der Waals surface area contributed by atoms with E-state index in [1.165, 1.54) is 38.8 Å². The molecule has 0 rings (SSSR count). The average molecular weight is 214 g/mol. The Balaban J connectivity index is 4.09. The number of hydrogen-bond donors (Lipinski definition) is 1. The van der Waals surface area contributed by atoms with Gasteiger partial charge in [0, 0.05) is 12.6 Å². The number of hydrogen-bond acceptors (Lipinski definition) is 2. The Kier molecular flexibility index (Phi) is 9.12. The van der Waals surface area contributed by atoms with Crippen LogP contribution in [0.3, 0.4) is 0 Å². The highest BCUT2D eigenvalue weighted by Gasteiger charge is 2.15. The molecular formula is C13H30N2. The van der Waals surface area contributed by atoms with Gasteiger partial charge in [0.25, 0.3) is 0 Å². The van der Waals surface area contributed by atoms with Gasteiger partial charge in [0.1, 0.15) is 0 Å². The Morgan fingerprint density at radius 2 is 1.80 bits per heavy atom. The predicted molar refractivity (Wildman–Crippen MR) is 69.1 cm³/mol. The number of rotatable bonds is 9. The van der Waals surface area contributed by atoms with E-state index in [-0.39, 0.29) is 0 Å². The summed E-state index contributed by atoms with van der Waals surface area (Å²) in [6.45, 7) is 12.4. The molecule has 0 aliphatic carbocycles. The van der Waals surface area contributed by atoms with Gasteiger partial charge in [-0.2, -0.15) is 0 Å². The lowest BCUT2D eigenvalue weighted by Gasteiger charge is -2.31. The maximum absolute atomic E-state index is 5.78. The molecule has 0 aromatic carbocycles. The highest BCUT2D eigenvalue weighted by atomic mass is 15.1. The number of unbranched alkanes of at least 4 members (excludes halogenated alkanes) is 1. The fourth-order valence-electron chi connectivity index (χ4n) is 1.81. The largest absolute Gasteiger partial charge is 0.330 e. The SMILES string of the molecule is CCCCN(CC(CC)CN)C(C)CC. The normalized spacial score (nSPS) is 15.6. The van der Waals surface area contributed by atoms with Crippen molar-refractivity contribution in [3.63, 3.8) is 0 Å². The lowest BCUT2D eigenvalue weighted by molar-refractivity contribution is 0.170. The van der Waals surface area contributed by atoms with E-state index in [0.717, 1.165) is 6.54 Å². The molecule has 2 heteroatoms. The second-order valence-corrected chi connectivity index (χ2v) is 4.62. The zero-order valence-electron chi connectivity index (χ0n) is 11.1. The van der Waals surface area contributed by atoms with E-state index in [4.69, 9.17) is 5.73 Å². The first-order chi connectivity index (χ1) is 7.19. The Labute approximate surface area is 96.2 Å². The minimum Gasteiger partial charge on any atom is -0.330 e. The molecule has 2 N–H and O–H groups in total. The Bertz CT molecular complexity index is 132. The van der Waals surface area contributed by atoms with Crippen molar-refractivity contribution in [3.8, 4) is 0 Å². The summed E-state index contributed by atoms with van der Waals surface area (Å²) in [6, 6.07) is 0.706. The van der Waals surface area contributed by atoms with Gasteiger partial charge < -0.3 is 10.6 Å². The topological polar surface area (TPSA) is 29.3 Å². The van der Waals surface area contributed by atoms with Crippen LogP contribution in [0, 0.1) is 5.92 Å². The van der Waals surface area contributed by atoms with Crippen molar-refractivity contribution < 1.29 is 0 Å². The van der Waals surface area contributed by atoms with Crippen molar-refractivity contribution >= 4 is 0 Å². The van der Waals surface area contributed by atoms with Crippen LogP contribution in [-0.4, -0.2) is 30.6 Å². The molecule has 92 valence electrons. The van der Waals surface area contributed by atoms with Crippen molar-refractivity contribution in [3.05, 3.63) is 0 Å². The van der Waals surface area contributed by atoms with Gasteiger partial charge in [0.2, 0.25) is 0 Å². The highest BCUT2D eigenvalue weighted by molar-refractivity contribution is 4.70. The maximum atomic E-state index is 5.78. The van der Waals surface area contributed by atoms with Crippen LogP contribution in [-0.2, 0) is 0 Å². The van der Waals surface area contributed by atoms with E-state index in [2.05, 4.69) is 32.6 Å². The van der Waals surface area contributed by atoms with Crippen LogP contribution in [0.4, 0.5) is 0 Å². The standard InChI is InChI=1S/C13H30N2/c1-5-8-9-15(12(4)6-2)11-13(7-3)10-14/h12-13H,5-11,14H2,1-4H3. The molecule has 0 aliphatic rings. The molecule has 0 fully saturated rings. The molecule has 0 spiro atoms. The monoisotopic (exact) mass is 214 g/mol. The first-order valence-electron chi connectivity index (χ1n) is 6.63.